The van der Waals surface area contributed by atoms with E-state index in [9.17, 15) is 5.11 Å². The first-order valence-corrected chi connectivity index (χ1v) is 5.13. The molecule has 2 unspecified atom stereocenters. The molecule has 1 saturated heterocycles. The maximum Gasteiger partial charge on any atom is 0.0679 e. The maximum atomic E-state index is 9.35. The quantitative estimate of drug-likeness (QED) is 0.684. The van der Waals surface area contributed by atoms with Gasteiger partial charge in [0.1, 0.15) is 0 Å². The van der Waals surface area contributed by atoms with Crippen LogP contribution in [0.3, 0.4) is 0 Å². The lowest BCUT2D eigenvalue weighted by Crippen LogP contribution is -2.38. The molecule has 3 nitrogen and oxygen atoms in total. The summed E-state index contributed by atoms with van der Waals surface area (Å²) in [4.78, 5) is 2.31. The molecule has 77 valence electrons. The monoisotopic (exact) mass is 185 g/mol. The Bertz CT molecular complexity index is 150. The van der Waals surface area contributed by atoms with Gasteiger partial charge in [0.2, 0.25) is 0 Å². The average Bonchev–Trinajstić information content (AvgIpc) is 2.46. The topological polar surface area (TPSA) is 37.6 Å². The summed E-state index contributed by atoms with van der Waals surface area (Å²) < 4.78 is 0. The largest absolute Gasteiger partial charge is 0.392 e. The molecule has 1 aliphatic rings. The van der Waals surface area contributed by atoms with E-state index in [1.54, 1.807) is 0 Å². The molecule has 0 aliphatic carbocycles. The summed E-state index contributed by atoms with van der Waals surface area (Å²) in [6.45, 7) is 7.26. The van der Waals surface area contributed by atoms with Crippen LogP contribution in [0.5, 0.6) is 0 Å². The lowest BCUT2D eigenvalue weighted by Gasteiger charge is -2.24. The van der Waals surface area contributed by atoms with Gasteiger partial charge in [0.05, 0.1) is 6.10 Å². The van der Waals surface area contributed by atoms with Gasteiger partial charge < -0.3 is 5.11 Å². The SMILES string of the molecule is C[N]C(CN1CCC(O)C1)C(C)C. The lowest BCUT2D eigenvalue weighted by atomic mass is 10.0. The van der Waals surface area contributed by atoms with E-state index in [0.717, 1.165) is 26.1 Å². The van der Waals surface area contributed by atoms with Gasteiger partial charge in [0.25, 0.3) is 0 Å². The smallest absolute Gasteiger partial charge is 0.0679 e. The van der Waals surface area contributed by atoms with E-state index in [-0.39, 0.29) is 6.10 Å². The Hall–Kier alpha value is -0.120. The number of β-amino-alcohol motifs (C(OH)–C–C–N with tert-alkyl or cyclic N) is 1. The zero-order chi connectivity index (χ0) is 9.84. The molecule has 1 aliphatic heterocycles. The van der Waals surface area contributed by atoms with Gasteiger partial charge in [-0.1, -0.05) is 13.8 Å². The van der Waals surface area contributed by atoms with Crippen molar-refractivity contribution in [2.75, 3.05) is 26.7 Å². The van der Waals surface area contributed by atoms with Crippen LogP contribution in [-0.4, -0.2) is 48.8 Å². The molecule has 0 bridgehead atoms. The molecule has 0 amide bonds. The van der Waals surface area contributed by atoms with Crippen LogP contribution >= 0.6 is 0 Å². The van der Waals surface area contributed by atoms with Crippen molar-refractivity contribution < 1.29 is 5.11 Å². The van der Waals surface area contributed by atoms with E-state index < -0.39 is 0 Å². The first kappa shape index (κ1) is 11.0. The van der Waals surface area contributed by atoms with Crippen LogP contribution in [0.2, 0.25) is 0 Å². The zero-order valence-electron chi connectivity index (χ0n) is 8.90. The van der Waals surface area contributed by atoms with Crippen molar-refractivity contribution in [1.82, 2.24) is 10.2 Å². The van der Waals surface area contributed by atoms with Crippen LogP contribution in [0.25, 0.3) is 0 Å². The van der Waals surface area contributed by atoms with Crippen molar-refractivity contribution in [3.05, 3.63) is 0 Å². The molecule has 2 atom stereocenters. The molecule has 1 rings (SSSR count). The molecule has 1 fully saturated rings. The third-order valence-electron chi connectivity index (χ3n) is 2.79. The van der Waals surface area contributed by atoms with Crippen LogP contribution < -0.4 is 5.32 Å². The second kappa shape index (κ2) is 4.94. The molecule has 3 heteroatoms. The molecule has 0 spiro atoms. The third-order valence-corrected chi connectivity index (χ3v) is 2.79. The molecule has 0 aromatic rings. The summed E-state index contributed by atoms with van der Waals surface area (Å²) in [5.74, 6) is 0.600. The van der Waals surface area contributed by atoms with Crippen molar-refractivity contribution in [2.24, 2.45) is 5.92 Å². The van der Waals surface area contributed by atoms with Gasteiger partial charge >= 0.3 is 0 Å². The van der Waals surface area contributed by atoms with Crippen LogP contribution in [0.4, 0.5) is 0 Å². The minimum Gasteiger partial charge on any atom is -0.392 e. The fraction of sp³-hybridized carbons (Fsp3) is 1.00. The summed E-state index contributed by atoms with van der Waals surface area (Å²) in [6.07, 6.45) is 0.818. The van der Waals surface area contributed by atoms with Crippen LogP contribution in [0.15, 0.2) is 0 Å². The Balaban J connectivity index is 2.30. The van der Waals surface area contributed by atoms with Crippen molar-refractivity contribution >= 4 is 0 Å². The Morgan fingerprint density at radius 2 is 2.23 bits per heavy atom. The van der Waals surface area contributed by atoms with E-state index in [2.05, 4.69) is 24.1 Å². The molecule has 1 heterocycles. The number of nitrogens with zero attached hydrogens (tertiary/aromatic N) is 2. The van der Waals surface area contributed by atoms with E-state index in [0.29, 0.717) is 12.0 Å². The first-order chi connectivity index (χ1) is 6.13. The van der Waals surface area contributed by atoms with E-state index in [1.165, 1.54) is 0 Å². The molecular formula is C10H21N2O. The summed E-state index contributed by atoms with van der Waals surface area (Å²) in [5, 5.41) is 13.7. The number of hydrogen-bond donors (Lipinski definition) is 1. The van der Waals surface area contributed by atoms with Crippen molar-refractivity contribution in [3.8, 4) is 0 Å². The predicted molar refractivity (Wildman–Crippen MR) is 53.7 cm³/mol. The van der Waals surface area contributed by atoms with Gasteiger partial charge in [-0.05, 0) is 12.3 Å². The van der Waals surface area contributed by atoms with Crippen LogP contribution in [0.1, 0.15) is 20.3 Å². The van der Waals surface area contributed by atoms with Crippen molar-refractivity contribution in [2.45, 2.75) is 32.4 Å². The predicted octanol–water partition coefficient (Wildman–Crippen LogP) is 0.312. The third kappa shape index (κ3) is 3.25. The normalized spacial score (nSPS) is 27.0. The fourth-order valence-electron chi connectivity index (χ4n) is 1.83. The average molecular weight is 185 g/mol. The minimum atomic E-state index is -0.107. The highest BCUT2D eigenvalue weighted by molar-refractivity contribution is 4.80. The Morgan fingerprint density at radius 3 is 2.62 bits per heavy atom. The standard InChI is InChI=1S/C10H21N2O/c1-8(2)10(11-3)7-12-5-4-9(13)6-12/h8-10,13H,4-7H2,1-3H3. The second-order valence-electron chi connectivity index (χ2n) is 4.27. The first-order valence-electron chi connectivity index (χ1n) is 5.13. The van der Waals surface area contributed by atoms with Gasteiger partial charge in [-0.2, -0.15) is 0 Å². The number of likely N-dealkylation sites (tertiary alicyclic amines) is 1. The highest BCUT2D eigenvalue weighted by Crippen LogP contribution is 2.12. The lowest BCUT2D eigenvalue weighted by molar-refractivity contribution is 0.169. The van der Waals surface area contributed by atoms with Gasteiger partial charge in [-0.3, -0.25) is 4.90 Å². The summed E-state index contributed by atoms with van der Waals surface area (Å²) >= 11 is 0. The molecule has 0 aromatic carbocycles. The fourth-order valence-corrected chi connectivity index (χ4v) is 1.83. The van der Waals surface area contributed by atoms with Gasteiger partial charge in [-0.15, -0.1) is 0 Å². The maximum absolute atomic E-state index is 9.35. The summed E-state index contributed by atoms with van der Waals surface area (Å²) in [7, 11) is 1.89. The molecule has 0 saturated carbocycles. The summed E-state index contributed by atoms with van der Waals surface area (Å²) in [6, 6.07) is 0.422. The number of likely N-dealkylation sites (N-methyl/N-ethyl adjacent to an activating group) is 1. The number of hydrogen-bond acceptors (Lipinski definition) is 2. The molecular weight excluding hydrogens is 164 g/mol. The van der Waals surface area contributed by atoms with Crippen LogP contribution in [-0.2, 0) is 0 Å². The highest BCUT2D eigenvalue weighted by atomic mass is 16.3. The van der Waals surface area contributed by atoms with Crippen LogP contribution in [0, 0.1) is 5.92 Å². The Kier molecular flexibility index (Phi) is 4.16. The van der Waals surface area contributed by atoms with Crippen molar-refractivity contribution in [3.63, 3.8) is 0 Å². The van der Waals surface area contributed by atoms with Gasteiger partial charge in [0, 0.05) is 32.7 Å². The zero-order valence-corrected chi connectivity index (χ0v) is 8.90. The molecule has 1 radical (unpaired) electrons. The minimum absolute atomic E-state index is 0.107. The van der Waals surface area contributed by atoms with E-state index >= 15 is 0 Å². The Morgan fingerprint density at radius 1 is 1.54 bits per heavy atom. The van der Waals surface area contributed by atoms with Gasteiger partial charge in [-0.25, -0.2) is 5.32 Å². The summed E-state index contributed by atoms with van der Waals surface area (Å²) in [5.41, 5.74) is 0. The van der Waals surface area contributed by atoms with Crippen molar-refractivity contribution in [1.29, 1.82) is 0 Å². The Labute approximate surface area is 81.1 Å². The van der Waals surface area contributed by atoms with E-state index in [1.807, 2.05) is 7.05 Å². The number of rotatable bonds is 4. The molecule has 0 aromatic heterocycles. The molecule has 1 N–H and O–H groups in total. The molecule has 13 heavy (non-hydrogen) atoms. The number of aliphatic hydroxyl groups is 1. The van der Waals surface area contributed by atoms with Gasteiger partial charge in [0.15, 0.2) is 0 Å². The second-order valence-corrected chi connectivity index (χ2v) is 4.27. The highest BCUT2D eigenvalue weighted by Gasteiger charge is 2.23. The number of aliphatic hydroxyl groups excluding tert-OH is 1. The van der Waals surface area contributed by atoms with E-state index in [4.69, 9.17) is 0 Å².